The number of likely N-dealkylation sites (tertiary alicyclic amines) is 1. The van der Waals surface area contributed by atoms with Crippen LogP contribution in [0.2, 0.25) is 0 Å². The summed E-state index contributed by atoms with van der Waals surface area (Å²) in [4.78, 5) is 16.9. The molecule has 1 heterocycles. The molecule has 0 N–H and O–H groups in total. The molecule has 0 bridgehead atoms. The fourth-order valence-electron chi connectivity index (χ4n) is 3.68. The predicted molar refractivity (Wildman–Crippen MR) is 103 cm³/mol. The van der Waals surface area contributed by atoms with Gasteiger partial charge in [0.1, 0.15) is 11.6 Å². The molecule has 0 unspecified atom stereocenters. The van der Waals surface area contributed by atoms with E-state index < -0.39 is 0 Å². The minimum atomic E-state index is -0.296. The van der Waals surface area contributed by atoms with Crippen LogP contribution in [0.1, 0.15) is 38.2 Å². The molecular formula is C22H26F2N2O. The van der Waals surface area contributed by atoms with Crippen LogP contribution in [0.3, 0.4) is 0 Å². The van der Waals surface area contributed by atoms with Crippen molar-refractivity contribution < 1.29 is 13.6 Å². The SMILES string of the molecule is CCCC(=O)N(c1ccc(F)cc1)C1CCN(Cc2ccc(F)cc2)CC1. The lowest BCUT2D eigenvalue weighted by atomic mass is 10.0. The largest absolute Gasteiger partial charge is 0.309 e. The van der Waals surface area contributed by atoms with Crippen LogP contribution in [-0.2, 0) is 11.3 Å². The minimum Gasteiger partial charge on any atom is -0.309 e. The lowest BCUT2D eigenvalue weighted by Gasteiger charge is -2.38. The van der Waals surface area contributed by atoms with Gasteiger partial charge in [0.2, 0.25) is 5.91 Å². The Balaban J connectivity index is 1.65. The standard InChI is InChI=1S/C22H26F2N2O/c1-2-3-22(27)26(20-10-8-19(24)9-11-20)21-12-14-25(15-13-21)16-17-4-6-18(23)7-5-17/h4-11,21H,2-3,12-16H2,1H3. The maximum atomic E-state index is 13.3. The number of carbonyl (C=O) groups excluding carboxylic acids is 1. The Bertz CT molecular complexity index is 738. The Morgan fingerprint density at radius 3 is 2.11 bits per heavy atom. The number of halogens is 2. The molecule has 0 spiro atoms. The van der Waals surface area contributed by atoms with Crippen molar-refractivity contribution in [1.82, 2.24) is 4.90 Å². The third-order valence-electron chi connectivity index (χ3n) is 5.08. The summed E-state index contributed by atoms with van der Waals surface area (Å²) >= 11 is 0. The second kappa shape index (κ2) is 9.09. The van der Waals surface area contributed by atoms with Crippen LogP contribution in [0.4, 0.5) is 14.5 Å². The van der Waals surface area contributed by atoms with E-state index in [1.54, 1.807) is 12.1 Å². The van der Waals surface area contributed by atoms with Crippen molar-refractivity contribution in [3.63, 3.8) is 0 Å². The molecule has 0 aromatic heterocycles. The van der Waals surface area contributed by atoms with E-state index in [0.29, 0.717) is 6.42 Å². The summed E-state index contributed by atoms with van der Waals surface area (Å²) in [5, 5.41) is 0. The summed E-state index contributed by atoms with van der Waals surface area (Å²) in [6.45, 7) is 4.52. The van der Waals surface area contributed by atoms with Crippen LogP contribution in [0, 0.1) is 11.6 Å². The zero-order valence-electron chi connectivity index (χ0n) is 15.7. The molecule has 2 aromatic rings. The average molecular weight is 372 g/mol. The van der Waals surface area contributed by atoms with Gasteiger partial charge < -0.3 is 4.90 Å². The van der Waals surface area contributed by atoms with Gasteiger partial charge in [0.05, 0.1) is 0 Å². The van der Waals surface area contributed by atoms with E-state index >= 15 is 0 Å². The zero-order chi connectivity index (χ0) is 19.2. The summed E-state index contributed by atoms with van der Waals surface area (Å²) in [5.74, 6) is -0.418. The number of hydrogen-bond acceptors (Lipinski definition) is 2. The van der Waals surface area contributed by atoms with E-state index in [1.165, 1.54) is 24.3 Å². The van der Waals surface area contributed by atoms with E-state index in [1.807, 2.05) is 24.0 Å². The lowest BCUT2D eigenvalue weighted by molar-refractivity contribution is -0.119. The van der Waals surface area contributed by atoms with E-state index in [4.69, 9.17) is 0 Å². The molecule has 3 rings (SSSR count). The van der Waals surface area contributed by atoms with Gasteiger partial charge in [-0.25, -0.2) is 8.78 Å². The fourth-order valence-corrected chi connectivity index (χ4v) is 3.68. The van der Waals surface area contributed by atoms with Crippen LogP contribution in [-0.4, -0.2) is 29.9 Å². The molecular weight excluding hydrogens is 346 g/mol. The second-order valence-electron chi connectivity index (χ2n) is 7.12. The Kier molecular flexibility index (Phi) is 6.56. The molecule has 144 valence electrons. The van der Waals surface area contributed by atoms with Crippen LogP contribution >= 0.6 is 0 Å². The first-order valence-electron chi connectivity index (χ1n) is 9.61. The van der Waals surface area contributed by atoms with Gasteiger partial charge in [-0.05, 0) is 61.2 Å². The van der Waals surface area contributed by atoms with E-state index in [-0.39, 0.29) is 23.6 Å². The van der Waals surface area contributed by atoms with Crippen LogP contribution in [0.15, 0.2) is 48.5 Å². The monoisotopic (exact) mass is 372 g/mol. The quantitative estimate of drug-likeness (QED) is 0.730. The highest BCUT2D eigenvalue weighted by atomic mass is 19.1. The molecule has 1 fully saturated rings. The second-order valence-corrected chi connectivity index (χ2v) is 7.12. The van der Waals surface area contributed by atoms with Gasteiger partial charge in [-0.3, -0.25) is 9.69 Å². The highest BCUT2D eigenvalue weighted by molar-refractivity contribution is 5.93. The van der Waals surface area contributed by atoms with Crippen LogP contribution in [0.25, 0.3) is 0 Å². The van der Waals surface area contributed by atoms with Gasteiger partial charge in [0.15, 0.2) is 0 Å². The third-order valence-corrected chi connectivity index (χ3v) is 5.08. The van der Waals surface area contributed by atoms with Crippen molar-refractivity contribution in [1.29, 1.82) is 0 Å². The number of benzene rings is 2. The summed E-state index contributed by atoms with van der Waals surface area (Å²) in [5.41, 5.74) is 1.86. The molecule has 1 aliphatic rings. The summed E-state index contributed by atoms with van der Waals surface area (Å²) < 4.78 is 26.3. The highest BCUT2D eigenvalue weighted by Crippen LogP contribution is 2.26. The molecule has 1 saturated heterocycles. The highest BCUT2D eigenvalue weighted by Gasteiger charge is 2.28. The van der Waals surface area contributed by atoms with Crippen molar-refractivity contribution in [3.8, 4) is 0 Å². The number of rotatable bonds is 6. The zero-order valence-corrected chi connectivity index (χ0v) is 15.7. The molecule has 3 nitrogen and oxygen atoms in total. The molecule has 0 aliphatic carbocycles. The molecule has 1 amide bonds. The van der Waals surface area contributed by atoms with Crippen LogP contribution in [0.5, 0.6) is 0 Å². The van der Waals surface area contributed by atoms with Gasteiger partial charge >= 0.3 is 0 Å². The lowest BCUT2D eigenvalue weighted by Crippen LogP contribution is -2.47. The molecule has 27 heavy (non-hydrogen) atoms. The molecule has 5 heteroatoms. The summed E-state index contributed by atoms with van der Waals surface area (Å²) in [6, 6.07) is 12.9. The first-order valence-corrected chi connectivity index (χ1v) is 9.61. The first kappa shape index (κ1) is 19.5. The maximum absolute atomic E-state index is 13.3. The number of hydrogen-bond donors (Lipinski definition) is 0. The van der Waals surface area contributed by atoms with Gasteiger partial charge in [0.25, 0.3) is 0 Å². The molecule has 1 aliphatic heterocycles. The predicted octanol–water partition coefficient (Wildman–Crippen LogP) is 4.76. The van der Waals surface area contributed by atoms with Crippen molar-refractivity contribution >= 4 is 11.6 Å². The number of carbonyl (C=O) groups is 1. The molecule has 2 aromatic carbocycles. The number of anilines is 1. The fraction of sp³-hybridized carbons (Fsp3) is 0.409. The van der Waals surface area contributed by atoms with E-state index in [2.05, 4.69) is 4.90 Å². The smallest absolute Gasteiger partial charge is 0.227 e. The Morgan fingerprint density at radius 2 is 1.56 bits per heavy atom. The van der Waals surface area contributed by atoms with E-state index in [0.717, 1.165) is 50.1 Å². The minimum absolute atomic E-state index is 0.0982. The Labute approximate surface area is 159 Å². The van der Waals surface area contributed by atoms with Crippen molar-refractivity contribution in [2.24, 2.45) is 0 Å². The average Bonchev–Trinajstić information content (AvgIpc) is 2.67. The van der Waals surface area contributed by atoms with Gasteiger partial charge in [-0.2, -0.15) is 0 Å². The normalized spacial score (nSPS) is 15.7. The number of piperidine rings is 1. The first-order chi connectivity index (χ1) is 13.1. The Hall–Kier alpha value is -2.27. The van der Waals surface area contributed by atoms with Crippen LogP contribution < -0.4 is 4.90 Å². The summed E-state index contributed by atoms with van der Waals surface area (Å²) in [7, 11) is 0. The van der Waals surface area contributed by atoms with Gasteiger partial charge in [0, 0.05) is 37.8 Å². The van der Waals surface area contributed by atoms with Gasteiger partial charge in [-0.15, -0.1) is 0 Å². The summed E-state index contributed by atoms with van der Waals surface area (Å²) in [6.07, 6.45) is 3.02. The molecule has 0 saturated carbocycles. The van der Waals surface area contributed by atoms with Gasteiger partial charge in [-0.1, -0.05) is 19.1 Å². The Morgan fingerprint density at radius 1 is 1.00 bits per heavy atom. The number of amides is 1. The van der Waals surface area contributed by atoms with Crippen molar-refractivity contribution in [2.45, 2.75) is 45.2 Å². The topological polar surface area (TPSA) is 23.6 Å². The van der Waals surface area contributed by atoms with Crippen molar-refractivity contribution in [2.75, 3.05) is 18.0 Å². The van der Waals surface area contributed by atoms with E-state index in [9.17, 15) is 13.6 Å². The number of nitrogens with zero attached hydrogens (tertiary/aromatic N) is 2. The van der Waals surface area contributed by atoms with Crippen molar-refractivity contribution in [3.05, 3.63) is 65.7 Å². The molecule has 0 radical (unpaired) electrons. The molecule has 0 atom stereocenters. The maximum Gasteiger partial charge on any atom is 0.227 e. The third kappa shape index (κ3) is 5.13.